The lowest BCUT2D eigenvalue weighted by molar-refractivity contribution is -0.124. The van der Waals surface area contributed by atoms with Crippen molar-refractivity contribution in [1.29, 1.82) is 0 Å². The minimum absolute atomic E-state index is 0.0340. The fourth-order valence-electron chi connectivity index (χ4n) is 3.92. The lowest BCUT2D eigenvalue weighted by Gasteiger charge is -2.30. The zero-order chi connectivity index (χ0) is 21.6. The van der Waals surface area contributed by atoms with Crippen LogP contribution in [0.3, 0.4) is 0 Å². The Hall–Kier alpha value is -3.06. The minimum atomic E-state index is -1.37. The molecule has 31 heavy (non-hydrogen) atoms. The van der Waals surface area contributed by atoms with Gasteiger partial charge in [-0.2, -0.15) is 0 Å². The molecular formula is C24H24N2O4S. The van der Waals surface area contributed by atoms with Gasteiger partial charge >= 0.3 is 6.16 Å². The smallest absolute Gasteiger partial charge is 0.449 e. The fourth-order valence-corrected chi connectivity index (χ4v) is 4.96. The summed E-state index contributed by atoms with van der Waals surface area (Å²) in [5.74, 6) is 0.188. The van der Waals surface area contributed by atoms with E-state index in [1.54, 1.807) is 24.3 Å². The van der Waals surface area contributed by atoms with Crippen molar-refractivity contribution in [3.63, 3.8) is 0 Å². The van der Waals surface area contributed by atoms with Crippen molar-refractivity contribution in [2.45, 2.75) is 44.7 Å². The number of nitrogens with zero attached hydrogens (tertiary/aromatic N) is 2. The average Bonchev–Trinajstić information content (AvgIpc) is 3.08. The zero-order valence-electron chi connectivity index (χ0n) is 17.1. The Balaban J connectivity index is 1.61. The van der Waals surface area contributed by atoms with Crippen LogP contribution >= 0.6 is 11.8 Å². The summed E-state index contributed by atoms with van der Waals surface area (Å²) >= 11 is 1.38. The molecule has 0 aromatic heterocycles. The number of thioether (sulfide) groups is 1. The molecule has 160 valence electrons. The minimum Gasteiger partial charge on any atom is -0.449 e. The summed E-state index contributed by atoms with van der Waals surface area (Å²) in [6, 6.07) is 16.9. The van der Waals surface area contributed by atoms with E-state index in [-0.39, 0.29) is 17.7 Å². The van der Waals surface area contributed by atoms with Crippen LogP contribution in [0.1, 0.15) is 43.2 Å². The number of hydrogen-bond donors (Lipinski definition) is 1. The van der Waals surface area contributed by atoms with Crippen molar-refractivity contribution in [2.75, 3.05) is 0 Å². The van der Waals surface area contributed by atoms with Crippen LogP contribution in [0.25, 0.3) is 6.08 Å². The van der Waals surface area contributed by atoms with Gasteiger partial charge in [0.05, 0.1) is 11.4 Å². The van der Waals surface area contributed by atoms with E-state index >= 15 is 0 Å². The molecule has 1 aliphatic heterocycles. The van der Waals surface area contributed by atoms with Gasteiger partial charge in [0.1, 0.15) is 5.75 Å². The second-order valence-electron chi connectivity index (χ2n) is 7.60. The van der Waals surface area contributed by atoms with Gasteiger partial charge in [0.15, 0.2) is 5.17 Å². The lowest BCUT2D eigenvalue weighted by atomic mass is 9.94. The molecule has 2 fully saturated rings. The highest BCUT2D eigenvalue weighted by molar-refractivity contribution is 8.18. The van der Waals surface area contributed by atoms with Crippen LogP contribution in [0.4, 0.5) is 4.79 Å². The number of rotatable bonds is 5. The van der Waals surface area contributed by atoms with Crippen LogP contribution in [0.15, 0.2) is 64.5 Å². The number of benzene rings is 2. The Kier molecular flexibility index (Phi) is 6.72. The van der Waals surface area contributed by atoms with Crippen molar-refractivity contribution in [3.05, 3.63) is 70.6 Å². The van der Waals surface area contributed by atoms with E-state index in [0.29, 0.717) is 17.0 Å². The first-order chi connectivity index (χ1) is 15.1. The van der Waals surface area contributed by atoms with Gasteiger partial charge in [0.25, 0.3) is 5.91 Å². The summed E-state index contributed by atoms with van der Waals surface area (Å²) in [4.78, 5) is 31.4. The van der Waals surface area contributed by atoms with Gasteiger partial charge in [0.2, 0.25) is 0 Å². The number of aliphatic imine (C=N–C) groups is 1. The molecule has 0 atom stereocenters. The Morgan fingerprint density at radius 3 is 2.65 bits per heavy atom. The number of carboxylic acid groups (broad SMARTS) is 1. The molecular weight excluding hydrogens is 412 g/mol. The fraction of sp³-hybridized carbons (Fsp3) is 0.292. The van der Waals surface area contributed by atoms with Crippen LogP contribution in [0, 0.1) is 0 Å². The summed E-state index contributed by atoms with van der Waals surface area (Å²) in [6.45, 7) is 0.523. The number of carbonyl (C=O) groups excluding carboxylic acids is 1. The standard InChI is InChI=1S/C24H24N2O4S/c27-22-21(15-18-10-7-13-20(14-18)30-24(28)29)31-23(25-16-17-8-3-1-4-9-17)26(22)19-11-5-2-6-12-19/h1,3-4,7-10,13-15,19H,2,5-6,11-12,16H2,(H,28,29)/b21-15+,25-23?. The van der Waals surface area contributed by atoms with Crippen LogP contribution in [0.2, 0.25) is 0 Å². The molecule has 2 aromatic rings. The molecule has 1 saturated heterocycles. The summed E-state index contributed by atoms with van der Waals surface area (Å²) in [5.41, 5.74) is 1.81. The van der Waals surface area contributed by atoms with Gasteiger partial charge in [-0.05, 0) is 53.9 Å². The van der Waals surface area contributed by atoms with Crippen molar-refractivity contribution in [3.8, 4) is 5.75 Å². The summed E-state index contributed by atoms with van der Waals surface area (Å²) < 4.78 is 4.73. The summed E-state index contributed by atoms with van der Waals surface area (Å²) in [5, 5.41) is 9.57. The van der Waals surface area contributed by atoms with Gasteiger partial charge in [-0.25, -0.2) is 4.79 Å². The van der Waals surface area contributed by atoms with Crippen LogP contribution in [0.5, 0.6) is 5.75 Å². The van der Waals surface area contributed by atoms with E-state index in [0.717, 1.165) is 36.4 Å². The van der Waals surface area contributed by atoms with Crippen LogP contribution < -0.4 is 4.74 Å². The van der Waals surface area contributed by atoms with Crippen molar-refractivity contribution >= 4 is 35.1 Å². The highest BCUT2D eigenvalue weighted by Crippen LogP contribution is 2.37. The first-order valence-electron chi connectivity index (χ1n) is 10.4. The predicted octanol–water partition coefficient (Wildman–Crippen LogP) is 5.55. The van der Waals surface area contributed by atoms with Crippen molar-refractivity contribution < 1.29 is 19.4 Å². The molecule has 6 nitrogen and oxygen atoms in total. The third-order valence-corrected chi connectivity index (χ3v) is 6.40. The van der Waals surface area contributed by atoms with E-state index < -0.39 is 6.16 Å². The molecule has 1 aliphatic carbocycles. The van der Waals surface area contributed by atoms with Crippen LogP contribution in [-0.2, 0) is 11.3 Å². The van der Waals surface area contributed by atoms with E-state index in [1.165, 1.54) is 18.2 Å². The number of amidine groups is 1. The molecule has 2 aromatic carbocycles. The molecule has 1 N–H and O–H groups in total. The number of amides is 1. The van der Waals surface area contributed by atoms with Gasteiger partial charge in [-0.3, -0.25) is 14.7 Å². The Labute approximate surface area is 185 Å². The van der Waals surface area contributed by atoms with E-state index in [4.69, 9.17) is 14.8 Å². The molecule has 7 heteroatoms. The predicted molar refractivity (Wildman–Crippen MR) is 122 cm³/mol. The molecule has 1 amide bonds. The quantitative estimate of drug-likeness (QED) is 0.378. The number of hydrogen-bond acceptors (Lipinski definition) is 5. The number of ether oxygens (including phenoxy) is 1. The molecule has 1 heterocycles. The Morgan fingerprint density at radius 2 is 1.90 bits per heavy atom. The van der Waals surface area contributed by atoms with Gasteiger partial charge in [-0.15, -0.1) is 0 Å². The first kappa shape index (κ1) is 21.2. The Bertz CT molecular complexity index is 1010. The molecule has 0 unspecified atom stereocenters. The molecule has 1 saturated carbocycles. The largest absolute Gasteiger partial charge is 0.511 e. The van der Waals surface area contributed by atoms with Crippen molar-refractivity contribution in [1.82, 2.24) is 4.90 Å². The average molecular weight is 437 g/mol. The monoisotopic (exact) mass is 436 g/mol. The number of carbonyl (C=O) groups is 2. The third kappa shape index (κ3) is 5.35. The molecule has 4 rings (SSSR count). The van der Waals surface area contributed by atoms with E-state index in [2.05, 4.69) is 0 Å². The Morgan fingerprint density at radius 1 is 1.13 bits per heavy atom. The second-order valence-corrected chi connectivity index (χ2v) is 8.61. The van der Waals surface area contributed by atoms with Gasteiger partial charge < -0.3 is 9.84 Å². The van der Waals surface area contributed by atoms with Crippen LogP contribution in [-0.4, -0.2) is 33.3 Å². The maximum Gasteiger partial charge on any atom is 0.511 e. The van der Waals surface area contributed by atoms with Crippen molar-refractivity contribution in [2.24, 2.45) is 4.99 Å². The molecule has 2 aliphatic rings. The van der Waals surface area contributed by atoms with E-state index in [1.807, 2.05) is 41.3 Å². The third-order valence-electron chi connectivity index (χ3n) is 5.38. The SMILES string of the molecule is O=C(O)Oc1cccc(/C=C2/SC(=NCc3ccccc3)N(C3CCCCC3)C2=O)c1. The summed E-state index contributed by atoms with van der Waals surface area (Å²) in [7, 11) is 0. The van der Waals surface area contributed by atoms with Gasteiger partial charge in [0, 0.05) is 6.04 Å². The lowest BCUT2D eigenvalue weighted by Crippen LogP contribution is -2.40. The molecule has 0 bridgehead atoms. The second kappa shape index (κ2) is 9.83. The maximum absolute atomic E-state index is 13.3. The van der Waals surface area contributed by atoms with Gasteiger partial charge in [-0.1, -0.05) is 61.7 Å². The summed E-state index contributed by atoms with van der Waals surface area (Å²) in [6.07, 6.45) is 5.86. The van der Waals surface area contributed by atoms with E-state index in [9.17, 15) is 9.59 Å². The zero-order valence-corrected chi connectivity index (χ0v) is 17.9. The maximum atomic E-state index is 13.3. The first-order valence-corrected chi connectivity index (χ1v) is 11.2. The molecule has 0 radical (unpaired) electrons. The normalized spacial score (nSPS) is 19.9. The molecule has 0 spiro atoms. The topological polar surface area (TPSA) is 79.2 Å². The highest BCUT2D eigenvalue weighted by atomic mass is 32.2. The highest BCUT2D eigenvalue weighted by Gasteiger charge is 2.38.